The van der Waals surface area contributed by atoms with Gasteiger partial charge < -0.3 is 4.74 Å². The molecule has 0 aliphatic carbocycles. The Bertz CT molecular complexity index is 771. The highest BCUT2D eigenvalue weighted by molar-refractivity contribution is 7.89. The number of sulfonamides is 1. The van der Waals surface area contributed by atoms with E-state index >= 15 is 0 Å². The van der Waals surface area contributed by atoms with Gasteiger partial charge in [0.25, 0.3) is 0 Å². The Hall–Kier alpha value is -1.92. The van der Waals surface area contributed by atoms with Crippen LogP contribution in [0, 0.1) is 19.7 Å². The molecule has 0 amide bonds. The first-order valence-electron chi connectivity index (χ1n) is 6.73. The summed E-state index contributed by atoms with van der Waals surface area (Å²) in [7, 11) is -2.10. The highest BCUT2D eigenvalue weighted by atomic mass is 32.2. The molecule has 0 aromatic heterocycles. The van der Waals surface area contributed by atoms with Crippen LogP contribution in [0.1, 0.15) is 16.7 Å². The van der Waals surface area contributed by atoms with Gasteiger partial charge in [-0.2, -0.15) is 0 Å². The van der Waals surface area contributed by atoms with Gasteiger partial charge in [0.15, 0.2) is 0 Å². The fraction of sp³-hybridized carbons (Fsp3) is 0.250. The van der Waals surface area contributed by atoms with Crippen molar-refractivity contribution >= 4 is 10.0 Å². The van der Waals surface area contributed by atoms with Gasteiger partial charge >= 0.3 is 0 Å². The minimum Gasteiger partial charge on any atom is -0.496 e. The highest BCUT2D eigenvalue weighted by Gasteiger charge is 2.19. The lowest BCUT2D eigenvalue weighted by atomic mass is 10.1. The molecule has 4 nitrogen and oxygen atoms in total. The van der Waals surface area contributed by atoms with Crippen molar-refractivity contribution in [2.24, 2.45) is 0 Å². The van der Waals surface area contributed by atoms with E-state index in [1.165, 1.54) is 18.2 Å². The molecule has 6 heteroatoms. The van der Waals surface area contributed by atoms with E-state index in [2.05, 4.69) is 4.72 Å². The van der Waals surface area contributed by atoms with E-state index < -0.39 is 10.0 Å². The Morgan fingerprint density at radius 1 is 1.05 bits per heavy atom. The van der Waals surface area contributed by atoms with Crippen molar-refractivity contribution in [1.82, 2.24) is 4.72 Å². The summed E-state index contributed by atoms with van der Waals surface area (Å²) in [6.07, 6.45) is 0. The van der Waals surface area contributed by atoms with Crippen molar-refractivity contribution in [3.05, 3.63) is 58.9 Å². The van der Waals surface area contributed by atoms with Crippen LogP contribution >= 0.6 is 0 Å². The summed E-state index contributed by atoms with van der Waals surface area (Å²) in [5, 5.41) is 0. The SMILES string of the molecule is COc1ccc(S(=O)(=O)NCc2ccc(F)cc2)c(C)c1C. The summed E-state index contributed by atoms with van der Waals surface area (Å²) in [5.41, 5.74) is 2.12. The van der Waals surface area contributed by atoms with E-state index in [1.807, 2.05) is 6.92 Å². The molecule has 0 radical (unpaired) electrons. The molecule has 0 atom stereocenters. The van der Waals surface area contributed by atoms with Crippen LogP contribution in [-0.4, -0.2) is 15.5 Å². The predicted octanol–water partition coefficient (Wildman–Crippen LogP) is 2.93. The van der Waals surface area contributed by atoms with Gasteiger partial charge in [-0.25, -0.2) is 17.5 Å². The second kappa shape index (κ2) is 6.46. The van der Waals surface area contributed by atoms with Gasteiger partial charge in [-0.3, -0.25) is 0 Å². The first-order chi connectivity index (χ1) is 10.3. The monoisotopic (exact) mass is 323 g/mol. The first-order valence-corrected chi connectivity index (χ1v) is 8.22. The number of hydrogen-bond acceptors (Lipinski definition) is 3. The van der Waals surface area contributed by atoms with Crippen molar-refractivity contribution < 1.29 is 17.5 Å². The third-order valence-electron chi connectivity index (χ3n) is 3.58. The maximum Gasteiger partial charge on any atom is 0.241 e. The standard InChI is InChI=1S/C16H18FNO3S/c1-11-12(2)16(9-8-15(11)21-3)22(19,20)18-10-13-4-6-14(17)7-5-13/h4-9,18H,10H2,1-3H3. The Balaban J connectivity index is 2.24. The quantitative estimate of drug-likeness (QED) is 0.920. The van der Waals surface area contributed by atoms with Gasteiger partial charge in [-0.15, -0.1) is 0 Å². The maximum atomic E-state index is 12.8. The second-order valence-electron chi connectivity index (χ2n) is 4.97. The molecule has 118 valence electrons. The molecule has 0 saturated carbocycles. The molecule has 1 N–H and O–H groups in total. The van der Waals surface area contributed by atoms with Crippen LogP contribution in [0.5, 0.6) is 5.75 Å². The fourth-order valence-electron chi connectivity index (χ4n) is 2.14. The van der Waals surface area contributed by atoms with Crippen LogP contribution in [-0.2, 0) is 16.6 Å². The third kappa shape index (κ3) is 3.45. The normalized spacial score (nSPS) is 11.5. The molecule has 0 saturated heterocycles. The Kier molecular flexibility index (Phi) is 4.83. The topological polar surface area (TPSA) is 55.4 Å². The molecule has 0 bridgehead atoms. The van der Waals surface area contributed by atoms with Crippen molar-refractivity contribution in [2.45, 2.75) is 25.3 Å². The molecule has 0 unspecified atom stereocenters. The lowest BCUT2D eigenvalue weighted by Crippen LogP contribution is -2.24. The van der Waals surface area contributed by atoms with Gasteiger partial charge in [-0.05, 0) is 54.8 Å². The van der Waals surface area contributed by atoms with Gasteiger partial charge in [0.1, 0.15) is 11.6 Å². The van der Waals surface area contributed by atoms with Crippen LogP contribution in [0.4, 0.5) is 4.39 Å². The van der Waals surface area contributed by atoms with E-state index in [0.29, 0.717) is 16.9 Å². The number of halogens is 1. The average molecular weight is 323 g/mol. The lowest BCUT2D eigenvalue weighted by molar-refractivity contribution is 0.410. The zero-order valence-corrected chi connectivity index (χ0v) is 13.5. The molecule has 2 aromatic carbocycles. The predicted molar refractivity (Wildman–Crippen MR) is 82.9 cm³/mol. The molecule has 0 aliphatic heterocycles. The van der Waals surface area contributed by atoms with Crippen molar-refractivity contribution in [2.75, 3.05) is 7.11 Å². The van der Waals surface area contributed by atoms with E-state index in [-0.39, 0.29) is 17.3 Å². The Morgan fingerprint density at radius 2 is 1.68 bits per heavy atom. The Morgan fingerprint density at radius 3 is 2.27 bits per heavy atom. The van der Waals surface area contributed by atoms with Gasteiger partial charge in [0.2, 0.25) is 10.0 Å². The van der Waals surface area contributed by atoms with Crippen molar-refractivity contribution in [3.63, 3.8) is 0 Å². The van der Waals surface area contributed by atoms with Crippen LogP contribution in [0.15, 0.2) is 41.3 Å². The maximum absolute atomic E-state index is 12.8. The molecule has 0 aliphatic rings. The molecular weight excluding hydrogens is 305 g/mol. The van der Waals surface area contributed by atoms with Gasteiger partial charge in [-0.1, -0.05) is 12.1 Å². The van der Waals surface area contributed by atoms with Crippen LogP contribution < -0.4 is 9.46 Å². The number of methoxy groups -OCH3 is 1. The molecular formula is C16H18FNO3S. The second-order valence-corrected chi connectivity index (χ2v) is 6.70. The van der Waals surface area contributed by atoms with Crippen molar-refractivity contribution in [3.8, 4) is 5.75 Å². The number of rotatable bonds is 5. The lowest BCUT2D eigenvalue weighted by Gasteiger charge is -2.13. The molecule has 2 rings (SSSR count). The van der Waals surface area contributed by atoms with Crippen LogP contribution in [0.3, 0.4) is 0 Å². The minimum absolute atomic E-state index is 0.104. The number of nitrogens with one attached hydrogen (secondary N) is 1. The van der Waals surface area contributed by atoms with E-state index in [1.54, 1.807) is 32.2 Å². The summed E-state index contributed by atoms with van der Waals surface area (Å²) >= 11 is 0. The fourth-order valence-corrected chi connectivity index (χ4v) is 3.46. The first kappa shape index (κ1) is 16.5. The zero-order chi connectivity index (χ0) is 16.3. The summed E-state index contributed by atoms with van der Waals surface area (Å²) in [4.78, 5) is 0.216. The smallest absolute Gasteiger partial charge is 0.241 e. The van der Waals surface area contributed by atoms with Crippen LogP contribution in [0.2, 0.25) is 0 Å². The van der Waals surface area contributed by atoms with Crippen molar-refractivity contribution in [1.29, 1.82) is 0 Å². The van der Waals surface area contributed by atoms with Gasteiger partial charge in [0, 0.05) is 6.54 Å². The average Bonchev–Trinajstić information content (AvgIpc) is 2.49. The molecule has 0 fully saturated rings. The molecule has 0 heterocycles. The highest BCUT2D eigenvalue weighted by Crippen LogP contribution is 2.26. The number of hydrogen-bond donors (Lipinski definition) is 1. The van der Waals surface area contributed by atoms with E-state index in [4.69, 9.17) is 4.74 Å². The Labute approximate surface area is 130 Å². The summed E-state index contributed by atoms with van der Waals surface area (Å²) in [6.45, 7) is 3.66. The van der Waals surface area contributed by atoms with E-state index in [9.17, 15) is 12.8 Å². The summed E-state index contributed by atoms with van der Waals surface area (Å²) < 4.78 is 45.4. The largest absolute Gasteiger partial charge is 0.496 e. The molecule has 22 heavy (non-hydrogen) atoms. The summed E-state index contributed by atoms with van der Waals surface area (Å²) in [5.74, 6) is 0.295. The van der Waals surface area contributed by atoms with Gasteiger partial charge in [0.05, 0.1) is 12.0 Å². The number of benzene rings is 2. The molecule has 0 spiro atoms. The number of ether oxygens (including phenoxy) is 1. The zero-order valence-electron chi connectivity index (χ0n) is 12.7. The van der Waals surface area contributed by atoms with E-state index in [0.717, 1.165) is 5.56 Å². The third-order valence-corrected chi connectivity index (χ3v) is 5.12. The minimum atomic E-state index is -3.65. The molecule has 2 aromatic rings. The summed E-state index contributed by atoms with van der Waals surface area (Å²) in [6, 6.07) is 8.84. The van der Waals surface area contributed by atoms with Crippen LogP contribution in [0.25, 0.3) is 0 Å².